The zero-order valence-corrected chi connectivity index (χ0v) is 22.0. The van der Waals surface area contributed by atoms with E-state index in [-0.39, 0.29) is 29.2 Å². The zero-order chi connectivity index (χ0) is 25.8. The molecule has 0 unspecified atom stereocenters. The molecule has 4 amide bonds. The van der Waals surface area contributed by atoms with E-state index in [4.69, 9.17) is 4.74 Å². The van der Waals surface area contributed by atoms with E-state index in [1.165, 1.54) is 0 Å². The summed E-state index contributed by atoms with van der Waals surface area (Å²) in [5.74, 6) is 0.361. The molecular weight excluding hydrogens is 488 g/mol. The average Bonchev–Trinajstić information content (AvgIpc) is 3.39. The Morgan fingerprint density at radius 3 is 2.05 bits per heavy atom. The Hall–Kier alpha value is -3.57. The van der Waals surface area contributed by atoms with Crippen LogP contribution in [0.2, 0.25) is 0 Å². The van der Waals surface area contributed by atoms with Gasteiger partial charge >= 0.3 is 6.03 Å². The highest BCUT2D eigenvalue weighted by atomic mass is 16.5. The van der Waals surface area contributed by atoms with Gasteiger partial charge in [-0.1, -0.05) is 0 Å². The lowest BCUT2D eigenvalue weighted by atomic mass is 9.94. The lowest BCUT2D eigenvalue weighted by molar-refractivity contribution is -0.140. The SMILES string of the molecule is Cn1cccc1C(=O)N1CCN(C(=O)Nc2ccc(N3CCC(C(=O)N4CCOCC4)CC3)cc2)CC1.O. The first kappa shape index (κ1) is 27.5. The van der Waals surface area contributed by atoms with Crippen molar-refractivity contribution in [1.82, 2.24) is 19.3 Å². The van der Waals surface area contributed by atoms with Gasteiger partial charge in [0.25, 0.3) is 5.91 Å². The smallest absolute Gasteiger partial charge is 0.321 e. The van der Waals surface area contributed by atoms with Crippen molar-refractivity contribution in [2.24, 2.45) is 13.0 Å². The van der Waals surface area contributed by atoms with Gasteiger partial charge in [-0.15, -0.1) is 0 Å². The summed E-state index contributed by atoms with van der Waals surface area (Å²) < 4.78 is 7.18. The number of aromatic nitrogens is 1. The first-order chi connectivity index (χ1) is 18.0. The minimum Gasteiger partial charge on any atom is -0.412 e. The molecule has 1 aromatic carbocycles. The molecule has 5 rings (SSSR count). The molecule has 3 aliphatic rings. The van der Waals surface area contributed by atoms with Crippen molar-refractivity contribution in [3.05, 3.63) is 48.3 Å². The van der Waals surface area contributed by atoms with E-state index in [2.05, 4.69) is 10.2 Å². The number of nitrogens with zero attached hydrogens (tertiary/aromatic N) is 5. The van der Waals surface area contributed by atoms with Crippen molar-refractivity contribution in [2.45, 2.75) is 12.8 Å². The summed E-state index contributed by atoms with van der Waals surface area (Å²) in [7, 11) is 1.86. The summed E-state index contributed by atoms with van der Waals surface area (Å²) in [4.78, 5) is 46.1. The lowest BCUT2D eigenvalue weighted by Gasteiger charge is -2.36. The van der Waals surface area contributed by atoms with Crippen LogP contribution in [-0.2, 0) is 16.6 Å². The van der Waals surface area contributed by atoms with Gasteiger partial charge in [0.05, 0.1) is 13.2 Å². The van der Waals surface area contributed by atoms with Gasteiger partial charge in [-0.3, -0.25) is 9.59 Å². The molecule has 0 bridgehead atoms. The van der Waals surface area contributed by atoms with Crippen LogP contribution in [0.5, 0.6) is 0 Å². The second kappa shape index (κ2) is 12.3. The molecule has 3 saturated heterocycles. The van der Waals surface area contributed by atoms with Crippen LogP contribution in [0.3, 0.4) is 0 Å². The first-order valence-electron chi connectivity index (χ1n) is 13.2. The summed E-state index contributed by atoms with van der Waals surface area (Å²) in [5, 5.41) is 2.98. The molecule has 3 aliphatic heterocycles. The van der Waals surface area contributed by atoms with Crippen molar-refractivity contribution >= 4 is 29.2 Å². The number of morpholine rings is 1. The predicted molar refractivity (Wildman–Crippen MR) is 144 cm³/mol. The highest BCUT2D eigenvalue weighted by molar-refractivity contribution is 5.93. The Morgan fingerprint density at radius 2 is 1.45 bits per heavy atom. The Labute approximate surface area is 223 Å². The van der Waals surface area contributed by atoms with Gasteiger partial charge in [-0.2, -0.15) is 0 Å². The second-order valence-electron chi connectivity index (χ2n) is 9.96. The normalized spacial score (nSPS) is 18.7. The van der Waals surface area contributed by atoms with Crippen LogP contribution in [0, 0.1) is 5.92 Å². The van der Waals surface area contributed by atoms with Crippen LogP contribution >= 0.6 is 0 Å². The van der Waals surface area contributed by atoms with Crippen molar-refractivity contribution in [1.29, 1.82) is 0 Å². The predicted octanol–water partition coefficient (Wildman–Crippen LogP) is 1.27. The highest BCUT2D eigenvalue weighted by Gasteiger charge is 2.30. The number of urea groups is 1. The van der Waals surface area contributed by atoms with Crippen LogP contribution in [0.15, 0.2) is 42.6 Å². The number of amides is 4. The van der Waals surface area contributed by atoms with Gasteiger partial charge < -0.3 is 39.7 Å². The van der Waals surface area contributed by atoms with Gasteiger partial charge in [0.2, 0.25) is 5.91 Å². The van der Waals surface area contributed by atoms with Gasteiger partial charge in [-0.25, -0.2) is 4.79 Å². The van der Waals surface area contributed by atoms with E-state index in [0.29, 0.717) is 58.2 Å². The maximum atomic E-state index is 12.8. The van der Waals surface area contributed by atoms with Crippen LogP contribution < -0.4 is 10.2 Å². The highest BCUT2D eigenvalue weighted by Crippen LogP contribution is 2.26. The van der Waals surface area contributed by atoms with E-state index in [0.717, 1.165) is 37.3 Å². The Bertz CT molecular complexity index is 1100. The number of benzene rings is 1. The molecule has 4 heterocycles. The molecule has 0 atom stereocenters. The number of hydrogen-bond donors (Lipinski definition) is 1. The molecule has 0 spiro atoms. The van der Waals surface area contributed by atoms with E-state index in [9.17, 15) is 14.4 Å². The average molecular weight is 527 g/mol. The number of aryl methyl sites for hydroxylation is 1. The fourth-order valence-electron chi connectivity index (χ4n) is 5.34. The summed E-state index contributed by atoms with van der Waals surface area (Å²) in [6.45, 7) is 6.39. The van der Waals surface area contributed by atoms with Crippen LogP contribution in [-0.4, -0.2) is 108 Å². The fraction of sp³-hybridized carbons (Fsp3) is 0.519. The van der Waals surface area contributed by atoms with Crippen LogP contribution in [0.25, 0.3) is 0 Å². The Kier molecular flexibility index (Phi) is 8.90. The van der Waals surface area contributed by atoms with Gasteiger partial charge in [0.15, 0.2) is 0 Å². The van der Waals surface area contributed by atoms with E-state index in [1.807, 2.05) is 59.1 Å². The minimum absolute atomic E-state index is 0. The Morgan fingerprint density at radius 1 is 0.816 bits per heavy atom. The molecule has 0 saturated carbocycles. The first-order valence-corrected chi connectivity index (χ1v) is 13.2. The molecule has 3 N–H and O–H groups in total. The molecule has 2 aromatic rings. The maximum absolute atomic E-state index is 12.8. The number of hydrogen-bond acceptors (Lipinski definition) is 5. The number of piperazine rings is 1. The monoisotopic (exact) mass is 526 g/mol. The third kappa shape index (κ3) is 6.11. The van der Waals surface area contributed by atoms with Crippen molar-refractivity contribution < 1.29 is 24.6 Å². The molecule has 0 radical (unpaired) electrons. The third-order valence-electron chi connectivity index (χ3n) is 7.67. The van der Waals surface area contributed by atoms with Gasteiger partial charge in [-0.05, 0) is 49.2 Å². The van der Waals surface area contributed by atoms with Gasteiger partial charge in [0.1, 0.15) is 5.69 Å². The van der Waals surface area contributed by atoms with E-state index >= 15 is 0 Å². The topological polar surface area (TPSA) is 122 Å². The molecule has 3 fully saturated rings. The fourth-order valence-corrected chi connectivity index (χ4v) is 5.34. The summed E-state index contributed by atoms with van der Waals surface area (Å²) >= 11 is 0. The molecular formula is C27H38N6O5. The quantitative estimate of drug-likeness (QED) is 0.643. The number of ether oxygens (including phenoxy) is 1. The number of piperidine rings is 1. The van der Waals surface area contributed by atoms with Crippen molar-refractivity contribution in [3.63, 3.8) is 0 Å². The van der Waals surface area contributed by atoms with E-state index < -0.39 is 0 Å². The standard InChI is InChI=1S/C27H36N6O4.H2O/c1-29-10-2-3-24(29)26(35)31-13-15-33(16-14-31)27(36)28-22-4-6-23(7-5-22)30-11-8-21(9-12-30)25(34)32-17-19-37-20-18-32;/h2-7,10,21H,8-9,11-20H2,1H3,(H,28,36);1H2. The van der Waals surface area contributed by atoms with Crippen molar-refractivity contribution in [2.75, 3.05) is 75.8 Å². The molecule has 11 nitrogen and oxygen atoms in total. The Balaban J connectivity index is 0.00000336. The number of anilines is 2. The van der Waals surface area contributed by atoms with Gasteiger partial charge in [0, 0.05) is 82.9 Å². The molecule has 1 aromatic heterocycles. The van der Waals surface area contributed by atoms with Crippen molar-refractivity contribution in [3.8, 4) is 0 Å². The van der Waals surface area contributed by atoms with Crippen LogP contribution in [0.4, 0.5) is 16.2 Å². The molecule has 11 heteroatoms. The number of carbonyl (C=O) groups is 3. The summed E-state index contributed by atoms with van der Waals surface area (Å²) in [6, 6.07) is 11.4. The van der Waals surface area contributed by atoms with E-state index in [1.54, 1.807) is 9.80 Å². The largest absolute Gasteiger partial charge is 0.412 e. The summed E-state index contributed by atoms with van der Waals surface area (Å²) in [6.07, 6.45) is 3.57. The zero-order valence-electron chi connectivity index (χ0n) is 22.0. The number of carbonyl (C=O) groups excluding carboxylic acids is 3. The number of nitrogens with one attached hydrogen (secondary N) is 1. The minimum atomic E-state index is -0.152. The molecule has 206 valence electrons. The van der Waals surface area contributed by atoms with Crippen LogP contribution in [0.1, 0.15) is 23.3 Å². The molecule has 0 aliphatic carbocycles. The maximum Gasteiger partial charge on any atom is 0.321 e. The second-order valence-corrected chi connectivity index (χ2v) is 9.96. The number of rotatable bonds is 4. The molecule has 38 heavy (non-hydrogen) atoms. The summed E-state index contributed by atoms with van der Waals surface area (Å²) in [5.41, 5.74) is 2.50. The third-order valence-corrected chi connectivity index (χ3v) is 7.67. The lowest BCUT2D eigenvalue weighted by Crippen LogP contribution is -2.51.